The van der Waals surface area contributed by atoms with Gasteiger partial charge in [-0.25, -0.2) is 0 Å². The molecular weight excluding hydrogens is 364 g/mol. The van der Waals surface area contributed by atoms with Gasteiger partial charge in [-0.3, -0.25) is 0 Å². The molecule has 2 rings (SSSR count). The molecule has 0 unspecified atom stereocenters. The number of aryl methyl sites for hydroxylation is 2. The zero-order valence-electron chi connectivity index (χ0n) is 9.66. The molecule has 0 bridgehead atoms. The summed E-state index contributed by atoms with van der Waals surface area (Å²) < 4.78 is 0. The van der Waals surface area contributed by atoms with Gasteiger partial charge in [0.05, 0.1) is 0 Å². The van der Waals surface area contributed by atoms with Gasteiger partial charge in [-0.1, -0.05) is 23.8 Å². The first-order chi connectivity index (χ1) is 7.25. The van der Waals surface area contributed by atoms with Gasteiger partial charge in [0, 0.05) is 21.1 Å². The summed E-state index contributed by atoms with van der Waals surface area (Å²) in [5.41, 5.74) is 5.34. The zero-order chi connectivity index (χ0) is 10.7. The van der Waals surface area contributed by atoms with Gasteiger partial charge in [0.15, 0.2) is 0 Å². The van der Waals surface area contributed by atoms with Gasteiger partial charge in [-0.2, -0.15) is 35.9 Å². The molecule has 0 aromatic heterocycles. The molecule has 0 N–H and O–H groups in total. The minimum Gasteiger partial charge on any atom is -0.180 e. The molecule has 0 aliphatic heterocycles. The second-order valence-electron chi connectivity index (χ2n) is 3.99. The van der Waals surface area contributed by atoms with Crippen molar-refractivity contribution < 1.29 is 21.1 Å². The number of rotatable bonds is 2. The van der Waals surface area contributed by atoms with Gasteiger partial charge in [-0.15, -0.1) is 0 Å². The second-order valence-corrected chi connectivity index (χ2v) is 3.99. The van der Waals surface area contributed by atoms with E-state index in [9.17, 15) is 0 Å². The molecule has 0 amide bonds. The average molecular weight is 379 g/mol. The molecule has 82 valence electrons. The fourth-order valence-corrected chi connectivity index (χ4v) is 1.74. The summed E-state index contributed by atoms with van der Waals surface area (Å²) in [7, 11) is 0. The Labute approximate surface area is 112 Å². The largest absolute Gasteiger partial charge is 0.180 e. The summed E-state index contributed by atoms with van der Waals surface area (Å²) in [6, 6.07) is 18.0. The van der Waals surface area contributed by atoms with Gasteiger partial charge in [0.2, 0.25) is 0 Å². The van der Waals surface area contributed by atoms with Crippen LogP contribution in [0.2, 0.25) is 0 Å². The second kappa shape index (κ2) is 6.01. The number of hydrogen-bond donors (Lipinski definition) is 0. The van der Waals surface area contributed by atoms with Crippen LogP contribution in [0.15, 0.2) is 42.5 Å². The first-order valence-electron chi connectivity index (χ1n) is 5.27. The van der Waals surface area contributed by atoms with Crippen LogP contribution in [0.5, 0.6) is 0 Å². The first kappa shape index (κ1) is 13.2. The van der Waals surface area contributed by atoms with E-state index in [1.807, 2.05) is 12.1 Å². The smallest absolute Gasteiger partial charge is 0 e. The molecule has 0 aliphatic carbocycles. The third-order valence-corrected chi connectivity index (χ3v) is 2.66. The van der Waals surface area contributed by atoms with Crippen LogP contribution in [0.1, 0.15) is 22.3 Å². The van der Waals surface area contributed by atoms with E-state index in [4.69, 9.17) is 0 Å². The van der Waals surface area contributed by atoms with Crippen LogP contribution in [-0.2, 0) is 27.5 Å². The number of hydrogen-bond acceptors (Lipinski definition) is 0. The fraction of sp³-hybridized carbons (Fsp3) is 0.200. The van der Waals surface area contributed by atoms with Crippen LogP contribution in [0.3, 0.4) is 0 Å². The molecule has 0 fully saturated rings. The molecule has 2 aromatic carbocycles. The Kier molecular flexibility index (Phi) is 4.96. The third kappa shape index (κ3) is 3.32. The van der Waals surface area contributed by atoms with Crippen LogP contribution in [0, 0.1) is 19.9 Å². The minimum absolute atomic E-state index is 0. The molecule has 16 heavy (non-hydrogen) atoms. The summed E-state index contributed by atoms with van der Waals surface area (Å²) >= 11 is 0. The first-order valence-corrected chi connectivity index (χ1v) is 5.27. The molecule has 0 nitrogen and oxygen atoms in total. The van der Waals surface area contributed by atoms with E-state index in [1.54, 1.807) is 0 Å². The molecule has 0 atom stereocenters. The standard InChI is InChI=1S/C15H15.W/c1-12-8-9-13(2)15(10-12)11-14-6-4-3-5-7-14;/h3-6,8-10H,11H2,1-2H3;/q-1;. The van der Waals surface area contributed by atoms with E-state index in [2.05, 4.69) is 50.2 Å². The van der Waals surface area contributed by atoms with E-state index in [0.717, 1.165) is 6.42 Å². The molecule has 2 aromatic rings. The normalized spacial score (nSPS) is 9.62. The predicted octanol–water partition coefficient (Wildman–Crippen LogP) is 3.69. The van der Waals surface area contributed by atoms with E-state index < -0.39 is 0 Å². The van der Waals surface area contributed by atoms with Crippen molar-refractivity contribution in [2.45, 2.75) is 20.3 Å². The van der Waals surface area contributed by atoms with Crippen LogP contribution < -0.4 is 0 Å². The van der Waals surface area contributed by atoms with E-state index in [1.165, 1.54) is 22.3 Å². The summed E-state index contributed by atoms with van der Waals surface area (Å²) in [6.07, 6.45) is 0.981. The zero-order valence-corrected chi connectivity index (χ0v) is 12.6. The van der Waals surface area contributed by atoms with Gasteiger partial charge in [0.1, 0.15) is 0 Å². The van der Waals surface area contributed by atoms with Crippen LogP contribution in [0.25, 0.3) is 0 Å². The van der Waals surface area contributed by atoms with E-state index in [-0.39, 0.29) is 21.1 Å². The Balaban J connectivity index is 0.00000128. The maximum Gasteiger partial charge on any atom is 0 e. The Morgan fingerprint density at radius 2 is 1.88 bits per heavy atom. The molecule has 1 heteroatoms. The molecule has 0 saturated heterocycles. The van der Waals surface area contributed by atoms with Crippen LogP contribution in [-0.4, -0.2) is 0 Å². The number of benzene rings is 2. The molecule has 0 aliphatic rings. The average Bonchev–Trinajstić information content (AvgIpc) is 2.25. The quantitative estimate of drug-likeness (QED) is 0.699. The predicted molar refractivity (Wildman–Crippen MR) is 64.0 cm³/mol. The van der Waals surface area contributed by atoms with Crippen molar-refractivity contribution >= 4 is 0 Å². The van der Waals surface area contributed by atoms with Crippen molar-refractivity contribution in [1.82, 2.24) is 0 Å². The maximum atomic E-state index is 3.26. The molecule has 0 spiro atoms. The Morgan fingerprint density at radius 1 is 1.06 bits per heavy atom. The monoisotopic (exact) mass is 379 g/mol. The van der Waals surface area contributed by atoms with Crippen molar-refractivity contribution in [3.8, 4) is 0 Å². The Bertz CT molecular complexity index is 446. The maximum absolute atomic E-state index is 3.26. The summed E-state index contributed by atoms with van der Waals surface area (Å²) in [4.78, 5) is 0. The molecule has 0 radical (unpaired) electrons. The molecule has 0 saturated carbocycles. The van der Waals surface area contributed by atoms with Crippen LogP contribution >= 0.6 is 0 Å². The summed E-state index contributed by atoms with van der Waals surface area (Å²) in [5, 5.41) is 0. The summed E-state index contributed by atoms with van der Waals surface area (Å²) in [5.74, 6) is 0. The minimum atomic E-state index is 0. The van der Waals surface area contributed by atoms with Gasteiger partial charge in [-0.05, 0) is 31.4 Å². The Morgan fingerprint density at radius 3 is 2.56 bits per heavy atom. The van der Waals surface area contributed by atoms with Crippen molar-refractivity contribution in [1.29, 1.82) is 0 Å². The van der Waals surface area contributed by atoms with E-state index >= 15 is 0 Å². The van der Waals surface area contributed by atoms with E-state index in [0.29, 0.717) is 0 Å². The van der Waals surface area contributed by atoms with Gasteiger partial charge < -0.3 is 0 Å². The Hall–Kier alpha value is -0.872. The molecular formula is C15H15W-. The van der Waals surface area contributed by atoms with Crippen molar-refractivity contribution in [2.75, 3.05) is 0 Å². The van der Waals surface area contributed by atoms with Crippen molar-refractivity contribution in [3.63, 3.8) is 0 Å². The van der Waals surface area contributed by atoms with Gasteiger partial charge in [0.25, 0.3) is 0 Å². The topological polar surface area (TPSA) is 0 Å². The SMILES string of the molecule is Cc1ccc(C)c(Cc2[c-]cccc2)c1.[W]. The van der Waals surface area contributed by atoms with Crippen molar-refractivity contribution in [3.05, 3.63) is 70.8 Å². The van der Waals surface area contributed by atoms with Crippen LogP contribution in [0.4, 0.5) is 0 Å². The molecule has 0 heterocycles. The third-order valence-electron chi connectivity index (χ3n) is 2.66. The van der Waals surface area contributed by atoms with Crippen molar-refractivity contribution in [2.24, 2.45) is 0 Å². The van der Waals surface area contributed by atoms with Gasteiger partial charge >= 0.3 is 0 Å². The summed E-state index contributed by atoms with van der Waals surface area (Å²) in [6.45, 7) is 4.30. The fourth-order valence-electron chi connectivity index (χ4n) is 1.74.